The van der Waals surface area contributed by atoms with E-state index in [9.17, 15) is 19.2 Å². The van der Waals surface area contributed by atoms with Crippen molar-refractivity contribution in [3.63, 3.8) is 0 Å². The number of fused-ring (bicyclic) bond motifs is 2. The monoisotopic (exact) mass is 638 g/mol. The molecule has 216 valence electrons. The number of rotatable bonds is 7. The second kappa shape index (κ2) is 11.6. The highest BCUT2D eigenvalue weighted by Gasteiger charge is 2.50. The Morgan fingerprint density at radius 1 is 0.977 bits per heavy atom. The molecule has 6 rings (SSSR count). The van der Waals surface area contributed by atoms with Crippen molar-refractivity contribution in [2.45, 2.75) is 13.3 Å². The lowest BCUT2D eigenvalue weighted by Crippen LogP contribution is -2.31. The zero-order chi connectivity index (χ0) is 30.2. The van der Waals surface area contributed by atoms with Crippen LogP contribution in [0.25, 0.3) is 22.2 Å². The normalized spacial score (nSPS) is 19.4. The van der Waals surface area contributed by atoms with Gasteiger partial charge in [0.1, 0.15) is 5.75 Å². The van der Waals surface area contributed by atoms with E-state index in [1.165, 1.54) is 12.0 Å². The number of benzene rings is 3. The average Bonchev–Trinajstić information content (AvgIpc) is 3.29. The van der Waals surface area contributed by atoms with Crippen molar-refractivity contribution >= 4 is 56.1 Å². The lowest BCUT2D eigenvalue weighted by atomic mass is 9.78. The smallest absolute Gasteiger partial charge is 0.339 e. The molecular formula is C34H27BrN2O6. The fourth-order valence-corrected chi connectivity index (χ4v) is 6.13. The van der Waals surface area contributed by atoms with Crippen LogP contribution >= 0.6 is 15.9 Å². The summed E-state index contributed by atoms with van der Waals surface area (Å²) >= 11 is 3.45. The number of imide groups is 1. The summed E-state index contributed by atoms with van der Waals surface area (Å²) in [6, 6.07) is 20.6. The van der Waals surface area contributed by atoms with Gasteiger partial charge in [-0.3, -0.25) is 19.3 Å². The Kier molecular flexibility index (Phi) is 7.66. The molecule has 0 radical (unpaired) electrons. The van der Waals surface area contributed by atoms with Crippen molar-refractivity contribution in [2.24, 2.45) is 17.8 Å². The molecule has 1 aliphatic heterocycles. The summed E-state index contributed by atoms with van der Waals surface area (Å²) in [5.41, 5.74) is 2.90. The van der Waals surface area contributed by atoms with Crippen molar-refractivity contribution < 1.29 is 28.7 Å². The molecule has 2 amide bonds. The molecule has 0 spiro atoms. The van der Waals surface area contributed by atoms with Crippen LogP contribution in [0, 0.1) is 17.8 Å². The van der Waals surface area contributed by atoms with Crippen LogP contribution in [0.2, 0.25) is 0 Å². The van der Waals surface area contributed by atoms with Gasteiger partial charge < -0.3 is 9.47 Å². The summed E-state index contributed by atoms with van der Waals surface area (Å²) < 4.78 is 11.3. The maximum atomic E-state index is 13.3. The predicted molar refractivity (Wildman–Crippen MR) is 165 cm³/mol. The Bertz CT molecular complexity index is 1800. The van der Waals surface area contributed by atoms with Crippen molar-refractivity contribution in [1.29, 1.82) is 0 Å². The number of nitrogens with zero attached hydrogens (tertiary/aromatic N) is 2. The van der Waals surface area contributed by atoms with Crippen molar-refractivity contribution in [1.82, 2.24) is 4.98 Å². The molecule has 1 aliphatic carbocycles. The first-order valence-corrected chi connectivity index (χ1v) is 14.6. The number of allylic oxidation sites excluding steroid dienone is 2. The van der Waals surface area contributed by atoms with E-state index >= 15 is 0 Å². The molecule has 0 saturated carbocycles. The lowest BCUT2D eigenvalue weighted by molar-refractivity contribution is -0.122. The van der Waals surface area contributed by atoms with Crippen LogP contribution in [0.5, 0.6) is 5.75 Å². The molecule has 4 aromatic rings. The van der Waals surface area contributed by atoms with Crippen molar-refractivity contribution in [3.8, 4) is 17.0 Å². The summed E-state index contributed by atoms with van der Waals surface area (Å²) in [5, 5.41) is 0.565. The van der Waals surface area contributed by atoms with E-state index in [-0.39, 0.29) is 40.9 Å². The number of hydrogen-bond acceptors (Lipinski definition) is 7. The second-order valence-corrected chi connectivity index (χ2v) is 11.6. The Morgan fingerprint density at radius 3 is 2.42 bits per heavy atom. The number of hydrogen-bond donors (Lipinski definition) is 0. The molecule has 43 heavy (non-hydrogen) atoms. The minimum absolute atomic E-state index is 0.00554. The topological polar surface area (TPSA) is 103 Å². The van der Waals surface area contributed by atoms with Gasteiger partial charge in [-0.25, -0.2) is 9.78 Å². The predicted octanol–water partition coefficient (Wildman–Crippen LogP) is 6.41. The molecule has 8 nitrogen and oxygen atoms in total. The van der Waals surface area contributed by atoms with Crippen LogP contribution in [-0.2, 0) is 14.3 Å². The molecule has 9 heteroatoms. The van der Waals surface area contributed by atoms with Gasteiger partial charge in [0.05, 0.1) is 41.4 Å². The van der Waals surface area contributed by atoms with Crippen molar-refractivity contribution in [2.75, 3.05) is 18.6 Å². The highest BCUT2D eigenvalue weighted by molar-refractivity contribution is 9.10. The van der Waals surface area contributed by atoms with Gasteiger partial charge in [-0.1, -0.05) is 47.1 Å². The zero-order valence-electron chi connectivity index (χ0n) is 23.5. The first-order valence-electron chi connectivity index (χ1n) is 13.8. The summed E-state index contributed by atoms with van der Waals surface area (Å²) in [7, 11) is 1.54. The van der Waals surface area contributed by atoms with Gasteiger partial charge in [0.2, 0.25) is 11.8 Å². The standard InChI is InChI=1S/C34H27BrN2O6/c1-19-4-3-5-25-31(19)33(40)37(32(25)39)23-11-6-20(7-12-23)29-17-27(26-16-22(35)10-15-28(26)36-29)34(41)43-18-30(38)21-8-13-24(42-2)14-9-21/h3-4,6-17,19,25,31H,5,18H2,1-2H3. The maximum Gasteiger partial charge on any atom is 0.339 e. The molecule has 0 bridgehead atoms. The number of ketones is 1. The van der Waals surface area contributed by atoms with Crippen LogP contribution in [0.1, 0.15) is 34.1 Å². The number of halogens is 1. The van der Waals surface area contributed by atoms with Gasteiger partial charge in [0.25, 0.3) is 0 Å². The third-order valence-electron chi connectivity index (χ3n) is 8.03. The highest BCUT2D eigenvalue weighted by atomic mass is 79.9. The number of anilines is 1. The third-order valence-corrected chi connectivity index (χ3v) is 8.52. The van der Waals surface area contributed by atoms with E-state index in [0.717, 1.165) is 4.47 Å². The molecule has 2 aliphatic rings. The fraction of sp³-hybridized carbons (Fsp3) is 0.206. The molecule has 0 N–H and O–H groups in total. The average molecular weight is 640 g/mol. The second-order valence-electron chi connectivity index (χ2n) is 10.7. The van der Waals surface area contributed by atoms with E-state index in [4.69, 9.17) is 14.5 Å². The molecule has 3 unspecified atom stereocenters. The van der Waals surface area contributed by atoms with E-state index in [1.54, 1.807) is 66.7 Å². The number of ether oxygens (including phenoxy) is 2. The van der Waals surface area contributed by atoms with Gasteiger partial charge >= 0.3 is 5.97 Å². The van der Waals surface area contributed by atoms with E-state index < -0.39 is 12.6 Å². The van der Waals surface area contributed by atoms with Gasteiger partial charge in [0, 0.05) is 21.0 Å². The largest absolute Gasteiger partial charge is 0.497 e. The van der Waals surface area contributed by atoms with Gasteiger partial charge in [0.15, 0.2) is 12.4 Å². The summed E-state index contributed by atoms with van der Waals surface area (Å²) in [4.78, 5) is 58.4. The number of amides is 2. The number of carbonyl (C=O) groups excluding carboxylic acids is 4. The Hall–Kier alpha value is -4.63. The molecule has 1 aromatic heterocycles. The molecule has 3 aromatic carbocycles. The third kappa shape index (κ3) is 5.36. The SMILES string of the molecule is COc1ccc(C(=O)COC(=O)c2cc(-c3ccc(N4C(=O)C5CC=CC(C)C5C4=O)cc3)nc3ccc(Br)cc23)cc1. The number of carbonyl (C=O) groups is 4. The molecular weight excluding hydrogens is 612 g/mol. The Morgan fingerprint density at radius 2 is 1.72 bits per heavy atom. The molecule has 1 saturated heterocycles. The van der Waals surface area contributed by atoms with Crippen LogP contribution in [0.3, 0.4) is 0 Å². The van der Waals surface area contributed by atoms with Crippen LogP contribution in [-0.4, -0.2) is 42.3 Å². The zero-order valence-corrected chi connectivity index (χ0v) is 25.0. The van der Waals surface area contributed by atoms with Gasteiger partial charge in [-0.05, 0) is 73.0 Å². The van der Waals surface area contributed by atoms with E-state index in [1.807, 2.05) is 25.1 Å². The van der Waals surface area contributed by atoms with Crippen LogP contribution in [0.4, 0.5) is 5.69 Å². The number of Topliss-reactive ketones (excluding diaryl/α,β-unsaturated/α-hetero) is 1. The minimum Gasteiger partial charge on any atom is -0.497 e. The van der Waals surface area contributed by atoms with E-state index in [2.05, 4.69) is 15.9 Å². The van der Waals surface area contributed by atoms with Gasteiger partial charge in [-0.2, -0.15) is 0 Å². The van der Waals surface area contributed by atoms with E-state index in [0.29, 0.717) is 45.6 Å². The van der Waals surface area contributed by atoms with Crippen LogP contribution < -0.4 is 9.64 Å². The fourth-order valence-electron chi connectivity index (χ4n) is 5.77. The quantitative estimate of drug-likeness (QED) is 0.0996. The lowest BCUT2D eigenvalue weighted by Gasteiger charge is -2.22. The Balaban J connectivity index is 1.27. The summed E-state index contributed by atoms with van der Waals surface area (Å²) in [6.07, 6.45) is 4.54. The minimum atomic E-state index is -0.663. The number of aromatic nitrogens is 1. The number of methoxy groups -OCH3 is 1. The summed E-state index contributed by atoms with van der Waals surface area (Å²) in [6.45, 7) is 1.54. The van der Waals surface area contributed by atoms with Crippen molar-refractivity contribution in [3.05, 3.63) is 101 Å². The Labute approximate surface area is 256 Å². The molecule has 2 heterocycles. The van der Waals surface area contributed by atoms with Crippen LogP contribution in [0.15, 0.2) is 89.4 Å². The number of esters is 1. The first-order chi connectivity index (χ1) is 20.7. The highest BCUT2D eigenvalue weighted by Crippen LogP contribution is 2.41. The summed E-state index contributed by atoms with van der Waals surface area (Å²) in [5.74, 6) is -1.42. The molecule has 3 atom stereocenters. The van der Waals surface area contributed by atoms with Gasteiger partial charge in [-0.15, -0.1) is 0 Å². The first kappa shape index (κ1) is 28.5. The molecule has 1 fully saturated rings. The maximum absolute atomic E-state index is 13.3. The number of pyridine rings is 1.